The Morgan fingerprint density at radius 3 is 2.43 bits per heavy atom. The fourth-order valence-corrected chi connectivity index (χ4v) is 1.21. The lowest BCUT2D eigenvalue weighted by molar-refractivity contribution is 0.604. The van der Waals surface area contributed by atoms with Crippen LogP contribution in [0.5, 0.6) is 0 Å². The summed E-state index contributed by atoms with van der Waals surface area (Å²) in [5, 5.41) is 0. The van der Waals surface area contributed by atoms with Crippen molar-refractivity contribution < 1.29 is 0 Å². The number of rotatable bonds is 2. The number of hydrogen-bond acceptors (Lipinski definition) is 1. The van der Waals surface area contributed by atoms with Gasteiger partial charge in [-0.15, -0.1) is 0 Å². The van der Waals surface area contributed by atoms with Gasteiger partial charge >= 0.3 is 0 Å². The average molecular weight is 189 g/mol. The first kappa shape index (κ1) is 11.0. The molecule has 1 aromatic rings. The van der Waals surface area contributed by atoms with Crippen LogP contribution in [0.1, 0.15) is 31.9 Å². The van der Waals surface area contributed by atoms with Crippen LogP contribution in [0.15, 0.2) is 29.3 Å². The van der Waals surface area contributed by atoms with E-state index in [-0.39, 0.29) is 5.41 Å². The normalized spacial score (nSPS) is 12.3. The third-order valence-electron chi connectivity index (χ3n) is 2.00. The molecule has 76 valence electrons. The van der Waals surface area contributed by atoms with Gasteiger partial charge in [-0.25, -0.2) is 0 Å². The van der Waals surface area contributed by atoms with Crippen LogP contribution in [0.3, 0.4) is 0 Å². The van der Waals surface area contributed by atoms with Gasteiger partial charge in [0.15, 0.2) is 0 Å². The van der Waals surface area contributed by atoms with Crippen LogP contribution in [0.25, 0.3) is 0 Å². The Hall–Kier alpha value is -1.11. The first-order valence-corrected chi connectivity index (χ1v) is 5.04. The molecular formula is C13H19N. The van der Waals surface area contributed by atoms with Crippen LogP contribution in [0.2, 0.25) is 0 Å². The highest BCUT2D eigenvalue weighted by Gasteiger charge is 2.04. The maximum absolute atomic E-state index is 4.45. The van der Waals surface area contributed by atoms with E-state index in [0.29, 0.717) is 0 Å². The van der Waals surface area contributed by atoms with Crippen molar-refractivity contribution in [2.24, 2.45) is 10.4 Å². The van der Waals surface area contributed by atoms with Crippen molar-refractivity contribution >= 4 is 6.21 Å². The fourth-order valence-electron chi connectivity index (χ4n) is 1.21. The summed E-state index contributed by atoms with van der Waals surface area (Å²) in [5.74, 6) is 0. The summed E-state index contributed by atoms with van der Waals surface area (Å²) in [6, 6.07) is 8.39. The molecule has 0 saturated heterocycles. The smallest absolute Gasteiger partial charge is 0.0638 e. The maximum Gasteiger partial charge on any atom is 0.0638 e. The summed E-state index contributed by atoms with van der Waals surface area (Å²) < 4.78 is 0. The molecule has 0 bridgehead atoms. The second kappa shape index (κ2) is 4.41. The molecular weight excluding hydrogens is 170 g/mol. The van der Waals surface area contributed by atoms with E-state index >= 15 is 0 Å². The van der Waals surface area contributed by atoms with Gasteiger partial charge in [0.1, 0.15) is 0 Å². The highest BCUT2D eigenvalue weighted by Crippen LogP contribution is 2.11. The molecule has 0 fully saturated rings. The first-order valence-electron chi connectivity index (χ1n) is 5.04. The van der Waals surface area contributed by atoms with Crippen molar-refractivity contribution in [3.8, 4) is 0 Å². The lowest BCUT2D eigenvalue weighted by Crippen LogP contribution is -2.06. The van der Waals surface area contributed by atoms with Crippen molar-refractivity contribution in [2.45, 2.75) is 34.2 Å². The Bertz CT molecular complexity index is 318. The zero-order valence-electron chi connectivity index (χ0n) is 9.54. The Morgan fingerprint density at radius 1 is 1.21 bits per heavy atom. The van der Waals surface area contributed by atoms with Crippen molar-refractivity contribution in [3.05, 3.63) is 35.4 Å². The molecule has 1 nitrogen and oxygen atoms in total. The fraction of sp³-hybridized carbons (Fsp3) is 0.462. The highest BCUT2D eigenvalue weighted by molar-refractivity contribution is 5.63. The molecule has 0 N–H and O–H groups in total. The van der Waals surface area contributed by atoms with Gasteiger partial charge in [0.2, 0.25) is 0 Å². The van der Waals surface area contributed by atoms with Gasteiger partial charge < -0.3 is 0 Å². The highest BCUT2D eigenvalue weighted by atomic mass is 14.7. The van der Waals surface area contributed by atoms with Crippen molar-refractivity contribution in [1.82, 2.24) is 0 Å². The molecule has 0 heterocycles. The molecule has 0 unspecified atom stereocenters. The Labute approximate surface area is 86.9 Å². The molecule has 0 aliphatic heterocycles. The Balaban J connectivity index is 2.63. The topological polar surface area (TPSA) is 12.4 Å². The predicted molar refractivity (Wildman–Crippen MR) is 62.8 cm³/mol. The Morgan fingerprint density at radius 2 is 1.86 bits per heavy atom. The number of hydrogen-bond donors (Lipinski definition) is 0. The molecule has 0 aromatic heterocycles. The number of aliphatic imine (C=N–C) groups is 1. The lowest BCUT2D eigenvalue weighted by Gasteiger charge is -2.10. The van der Waals surface area contributed by atoms with Crippen LogP contribution < -0.4 is 0 Å². The summed E-state index contributed by atoms with van der Waals surface area (Å²) in [6.45, 7) is 9.41. The molecule has 0 aliphatic rings. The SMILES string of the molecule is Cc1ccccc1C/N=C/C(C)(C)C. The zero-order chi connectivity index (χ0) is 10.6. The standard InChI is InChI=1S/C13H19N/c1-11-7-5-6-8-12(11)9-14-10-13(2,3)4/h5-8,10H,9H2,1-4H3/b14-10+. The molecule has 0 saturated carbocycles. The summed E-state index contributed by atoms with van der Waals surface area (Å²) >= 11 is 0. The molecule has 1 aromatic carbocycles. The molecule has 1 heteroatoms. The van der Waals surface area contributed by atoms with Crippen LogP contribution in [-0.4, -0.2) is 6.21 Å². The Kier molecular flexibility index (Phi) is 3.45. The van der Waals surface area contributed by atoms with Gasteiger partial charge in [-0.1, -0.05) is 45.0 Å². The molecule has 0 aliphatic carbocycles. The number of benzene rings is 1. The molecule has 0 amide bonds. The molecule has 14 heavy (non-hydrogen) atoms. The summed E-state index contributed by atoms with van der Waals surface area (Å²) in [7, 11) is 0. The lowest BCUT2D eigenvalue weighted by atomic mass is 9.99. The monoisotopic (exact) mass is 189 g/mol. The average Bonchev–Trinajstić information content (AvgIpc) is 2.06. The van der Waals surface area contributed by atoms with E-state index in [1.165, 1.54) is 11.1 Å². The van der Waals surface area contributed by atoms with Gasteiger partial charge in [0.25, 0.3) is 0 Å². The summed E-state index contributed by atoms with van der Waals surface area (Å²) in [4.78, 5) is 4.45. The van der Waals surface area contributed by atoms with Crippen molar-refractivity contribution in [1.29, 1.82) is 0 Å². The van der Waals surface area contributed by atoms with E-state index in [1.807, 2.05) is 6.21 Å². The van der Waals surface area contributed by atoms with E-state index in [4.69, 9.17) is 0 Å². The van der Waals surface area contributed by atoms with Gasteiger partial charge in [0.05, 0.1) is 6.54 Å². The minimum Gasteiger partial charge on any atom is -0.292 e. The molecule has 0 radical (unpaired) electrons. The second-order valence-corrected chi connectivity index (χ2v) is 4.76. The van der Waals surface area contributed by atoms with E-state index in [1.54, 1.807) is 0 Å². The van der Waals surface area contributed by atoms with Crippen LogP contribution in [0.4, 0.5) is 0 Å². The van der Waals surface area contributed by atoms with Crippen LogP contribution >= 0.6 is 0 Å². The summed E-state index contributed by atoms with van der Waals surface area (Å²) in [6.07, 6.45) is 2.03. The summed E-state index contributed by atoms with van der Waals surface area (Å²) in [5.41, 5.74) is 2.81. The third kappa shape index (κ3) is 3.73. The van der Waals surface area contributed by atoms with Crippen molar-refractivity contribution in [2.75, 3.05) is 0 Å². The minimum atomic E-state index is 0.183. The van der Waals surface area contributed by atoms with Crippen LogP contribution in [0, 0.1) is 12.3 Å². The second-order valence-electron chi connectivity index (χ2n) is 4.76. The maximum atomic E-state index is 4.45. The number of nitrogens with zero attached hydrogens (tertiary/aromatic N) is 1. The molecule has 1 rings (SSSR count). The van der Waals surface area contributed by atoms with Gasteiger partial charge in [-0.05, 0) is 23.5 Å². The third-order valence-corrected chi connectivity index (χ3v) is 2.00. The first-order chi connectivity index (χ1) is 6.49. The van der Waals surface area contributed by atoms with E-state index in [9.17, 15) is 0 Å². The molecule has 0 spiro atoms. The van der Waals surface area contributed by atoms with Crippen molar-refractivity contribution in [3.63, 3.8) is 0 Å². The quantitative estimate of drug-likeness (QED) is 0.630. The minimum absolute atomic E-state index is 0.183. The van der Waals surface area contributed by atoms with E-state index in [0.717, 1.165) is 6.54 Å². The van der Waals surface area contributed by atoms with Gasteiger partial charge in [-0.2, -0.15) is 0 Å². The predicted octanol–water partition coefficient (Wildman–Crippen LogP) is 3.61. The van der Waals surface area contributed by atoms with E-state index in [2.05, 4.69) is 57.0 Å². The van der Waals surface area contributed by atoms with E-state index < -0.39 is 0 Å². The van der Waals surface area contributed by atoms with Crippen LogP contribution in [-0.2, 0) is 6.54 Å². The largest absolute Gasteiger partial charge is 0.292 e. The van der Waals surface area contributed by atoms with Gasteiger partial charge in [0, 0.05) is 6.21 Å². The number of aryl methyl sites for hydroxylation is 1. The molecule has 0 atom stereocenters. The van der Waals surface area contributed by atoms with Gasteiger partial charge in [-0.3, -0.25) is 4.99 Å². The zero-order valence-corrected chi connectivity index (χ0v) is 9.54.